The molecule has 0 heterocycles. The van der Waals surface area contributed by atoms with Gasteiger partial charge in [-0.25, -0.2) is 4.79 Å². The second-order valence-corrected chi connectivity index (χ2v) is 6.66. The minimum atomic E-state index is -1.71. The summed E-state index contributed by atoms with van der Waals surface area (Å²) >= 11 is 0. The second-order valence-electron chi connectivity index (χ2n) is 6.66. The van der Waals surface area contributed by atoms with Crippen LogP contribution in [0.2, 0.25) is 0 Å². The number of aliphatic carboxylic acids is 1. The molecule has 0 aliphatic rings. The number of carbonyl (C=O) groups is 7. The van der Waals surface area contributed by atoms with Gasteiger partial charge in [0.05, 0.1) is 25.5 Å². The highest BCUT2D eigenvalue weighted by molar-refractivity contribution is 5.97. The molecule has 180 valence electrons. The van der Waals surface area contributed by atoms with Crippen LogP contribution in [0.15, 0.2) is 0 Å². The lowest BCUT2D eigenvalue weighted by Gasteiger charge is -2.24. The summed E-state index contributed by atoms with van der Waals surface area (Å²) < 4.78 is 0. The van der Waals surface area contributed by atoms with Crippen LogP contribution in [0.1, 0.15) is 25.7 Å². The molecule has 32 heavy (non-hydrogen) atoms. The smallest absolute Gasteiger partial charge is 0.328 e. The number of aliphatic hydroxyl groups is 1. The monoisotopic (exact) mass is 461 g/mol. The van der Waals surface area contributed by atoms with E-state index in [2.05, 4.69) is 10.6 Å². The minimum Gasteiger partial charge on any atom is -0.480 e. The Morgan fingerprint density at radius 2 is 1.16 bits per heavy atom. The van der Waals surface area contributed by atoms with Gasteiger partial charge in [0.1, 0.15) is 18.1 Å². The number of amides is 6. The SMILES string of the molecule is NC(=O)CC[C@H](NC(=O)[C@H](CC(N)=O)NC(=O)[C@@H](N)CC(N)=O)C(=O)N[C@@H](CO)C(=O)O. The fraction of sp³-hybridized carbons (Fsp3) is 0.562. The first-order valence-electron chi connectivity index (χ1n) is 9.13. The van der Waals surface area contributed by atoms with Crippen molar-refractivity contribution < 1.29 is 43.8 Å². The number of aliphatic hydroxyl groups excluding tert-OH is 1. The van der Waals surface area contributed by atoms with Crippen molar-refractivity contribution in [3.05, 3.63) is 0 Å². The van der Waals surface area contributed by atoms with Gasteiger partial charge in [-0.3, -0.25) is 28.8 Å². The Bertz CT molecular complexity index is 758. The zero-order valence-electron chi connectivity index (χ0n) is 16.9. The van der Waals surface area contributed by atoms with Gasteiger partial charge in [0.2, 0.25) is 35.4 Å². The van der Waals surface area contributed by atoms with Gasteiger partial charge in [0.15, 0.2) is 0 Å². The van der Waals surface area contributed by atoms with E-state index in [4.69, 9.17) is 33.1 Å². The number of carboxylic acid groups (broad SMARTS) is 1. The van der Waals surface area contributed by atoms with Gasteiger partial charge in [-0.1, -0.05) is 0 Å². The van der Waals surface area contributed by atoms with Crippen LogP contribution in [0.4, 0.5) is 0 Å². The summed E-state index contributed by atoms with van der Waals surface area (Å²) in [5, 5.41) is 24.1. The molecule has 0 aliphatic heterocycles. The number of primary amides is 3. The molecule has 16 nitrogen and oxygen atoms in total. The van der Waals surface area contributed by atoms with E-state index in [9.17, 15) is 33.6 Å². The lowest BCUT2D eigenvalue weighted by atomic mass is 10.1. The summed E-state index contributed by atoms with van der Waals surface area (Å²) in [6, 6.07) is -6.31. The fourth-order valence-electron chi connectivity index (χ4n) is 2.28. The van der Waals surface area contributed by atoms with Crippen LogP contribution in [0.25, 0.3) is 0 Å². The van der Waals surface area contributed by atoms with Gasteiger partial charge in [0, 0.05) is 6.42 Å². The second kappa shape index (κ2) is 13.5. The highest BCUT2D eigenvalue weighted by Crippen LogP contribution is 2.02. The van der Waals surface area contributed by atoms with E-state index in [0.29, 0.717) is 0 Å². The molecule has 0 aromatic rings. The van der Waals surface area contributed by atoms with Crippen molar-refractivity contribution in [3.8, 4) is 0 Å². The number of nitrogens with two attached hydrogens (primary N) is 4. The van der Waals surface area contributed by atoms with Crippen molar-refractivity contribution in [3.63, 3.8) is 0 Å². The van der Waals surface area contributed by atoms with Gasteiger partial charge >= 0.3 is 5.97 Å². The van der Waals surface area contributed by atoms with Crippen LogP contribution in [-0.4, -0.2) is 82.4 Å². The number of rotatable bonds is 15. The van der Waals surface area contributed by atoms with Crippen LogP contribution in [-0.2, 0) is 33.6 Å². The first kappa shape index (κ1) is 28.2. The van der Waals surface area contributed by atoms with Gasteiger partial charge in [-0.2, -0.15) is 0 Å². The molecular weight excluding hydrogens is 434 g/mol. The van der Waals surface area contributed by atoms with E-state index in [1.807, 2.05) is 5.32 Å². The average molecular weight is 461 g/mol. The van der Waals surface area contributed by atoms with E-state index < -0.39 is 91.4 Å². The predicted octanol–water partition coefficient (Wildman–Crippen LogP) is -6.14. The Hall–Kier alpha value is -3.79. The summed E-state index contributed by atoms with van der Waals surface area (Å²) in [6.45, 7) is -0.963. The molecule has 0 bridgehead atoms. The molecule has 0 saturated heterocycles. The Labute approximate surface area is 181 Å². The largest absolute Gasteiger partial charge is 0.480 e. The van der Waals surface area contributed by atoms with E-state index in [1.165, 1.54) is 0 Å². The molecule has 0 rings (SSSR count). The third-order valence-corrected chi connectivity index (χ3v) is 3.91. The van der Waals surface area contributed by atoms with Crippen LogP contribution in [0.5, 0.6) is 0 Å². The normalized spacial score (nSPS) is 14.2. The van der Waals surface area contributed by atoms with Gasteiger partial charge in [-0.15, -0.1) is 0 Å². The molecule has 0 spiro atoms. The maximum Gasteiger partial charge on any atom is 0.328 e. The Kier molecular flexibility index (Phi) is 11.9. The molecule has 13 N–H and O–H groups in total. The van der Waals surface area contributed by atoms with Crippen molar-refractivity contribution in [2.45, 2.75) is 49.9 Å². The number of carbonyl (C=O) groups excluding carboxylic acids is 6. The highest BCUT2D eigenvalue weighted by Gasteiger charge is 2.31. The molecule has 0 aromatic heterocycles. The van der Waals surface area contributed by atoms with Crippen molar-refractivity contribution in [1.82, 2.24) is 16.0 Å². The summed E-state index contributed by atoms with van der Waals surface area (Å²) in [6.07, 6.45) is -2.05. The van der Waals surface area contributed by atoms with Crippen molar-refractivity contribution in [1.29, 1.82) is 0 Å². The summed E-state index contributed by atoms with van der Waals surface area (Å²) in [7, 11) is 0. The van der Waals surface area contributed by atoms with Crippen molar-refractivity contribution in [2.75, 3.05) is 6.61 Å². The first-order valence-corrected chi connectivity index (χ1v) is 9.13. The van der Waals surface area contributed by atoms with Gasteiger partial charge in [0.25, 0.3) is 0 Å². The zero-order valence-corrected chi connectivity index (χ0v) is 16.9. The maximum atomic E-state index is 12.6. The summed E-state index contributed by atoms with van der Waals surface area (Å²) in [5.41, 5.74) is 20.5. The fourth-order valence-corrected chi connectivity index (χ4v) is 2.28. The topological polar surface area (TPSA) is 300 Å². The lowest BCUT2D eigenvalue weighted by molar-refractivity contribution is -0.143. The van der Waals surface area contributed by atoms with Gasteiger partial charge in [-0.05, 0) is 6.42 Å². The average Bonchev–Trinajstić information content (AvgIpc) is 2.66. The highest BCUT2D eigenvalue weighted by atomic mass is 16.4. The Morgan fingerprint density at radius 1 is 0.688 bits per heavy atom. The number of nitrogens with one attached hydrogen (secondary N) is 3. The molecular formula is C16H27N7O9. The molecule has 4 atom stereocenters. The van der Waals surface area contributed by atoms with Crippen LogP contribution in [0.3, 0.4) is 0 Å². The van der Waals surface area contributed by atoms with Crippen LogP contribution in [0, 0.1) is 0 Å². The van der Waals surface area contributed by atoms with E-state index in [1.54, 1.807) is 0 Å². The summed E-state index contributed by atoms with van der Waals surface area (Å²) in [5.74, 6) is -7.53. The molecule has 0 fully saturated rings. The molecule has 16 heteroatoms. The third-order valence-electron chi connectivity index (χ3n) is 3.91. The van der Waals surface area contributed by atoms with E-state index >= 15 is 0 Å². The molecule has 0 radical (unpaired) electrons. The van der Waals surface area contributed by atoms with Crippen molar-refractivity contribution in [2.24, 2.45) is 22.9 Å². The van der Waals surface area contributed by atoms with Gasteiger partial charge < -0.3 is 49.1 Å². The van der Waals surface area contributed by atoms with Crippen molar-refractivity contribution >= 4 is 41.4 Å². The number of hydrogen-bond donors (Lipinski definition) is 9. The van der Waals surface area contributed by atoms with Crippen LogP contribution < -0.4 is 38.9 Å². The number of carboxylic acids is 1. The molecule has 0 unspecified atom stereocenters. The van der Waals surface area contributed by atoms with E-state index in [0.717, 1.165) is 0 Å². The Morgan fingerprint density at radius 3 is 1.59 bits per heavy atom. The quantitative estimate of drug-likeness (QED) is 0.111. The summed E-state index contributed by atoms with van der Waals surface area (Å²) in [4.78, 5) is 81.2. The Balaban J connectivity index is 5.51. The third kappa shape index (κ3) is 10.8. The standard InChI is InChI=1S/C16H27N7O9/c17-6(3-11(19)26)13(28)22-8(4-12(20)27)15(30)21-7(1-2-10(18)25)14(29)23-9(5-24)16(31)32/h6-9,24H,1-5,17H2,(H2,18,25)(H2,19,26)(H2,20,27)(H,21,30)(H,22,28)(H,23,29)(H,31,32)/t6-,7-,8-,9-/m0/s1. The maximum absolute atomic E-state index is 12.6. The molecule has 0 saturated carbocycles. The predicted molar refractivity (Wildman–Crippen MR) is 105 cm³/mol. The number of hydrogen-bond acceptors (Lipinski definition) is 9. The lowest BCUT2D eigenvalue weighted by Crippen LogP contribution is -2.58. The first-order chi connectivity index (χ1) is 14.8. The zero-order chi connectivity index (χ0) is 25.0. The van der Waals surface area contributed by atoms with E-state index in [-0.39, 0.29) is 6.42 Å². The minimum absolute atomic E-state index is 0.372. The molecule has 6 amide bonds. The van der Waals surface area contributed by atoms with Crippen LogP contribution >= 0.6 is 0 Å². The molecule has 0 aromatic carbocycles. The molecule has 0 aliphatic carbocycles.